The van der Waals surface area contributed by atoms with Crippen molar-refractivity contribution in [2.75, 3.05) is 12.3 Å². The molecular weight excluding hydrogens is 286 g/mol. The lowest BCUT2D eigenvalue weighted by atomic mass is 10.2. The summed E-state index contributed by atoms with van der Waals surface area (Å²) in [6, 6.07) is 12.5. The van der Waals surface area contributed by atoms with Crippen LogP contribution >= 0.6 is 0 Å². The first-order chi connectivity index (χ1) is 10.0. The highest BCUT2D eigenvalue weighted by Crippen LogP contribution is 2.18. The fourth-order valence-electron chi connectivity index (χ4n) is 2.03. The van der Waals surface area contributed by atoms with Crippen molar-refractivity contribution in [3.05, 3.63) is 59.9 Å². The first-order valence-corrected chi connectivity index (χ1v) is 8.35. The number of nitrogens with two attached hydrogens (primary N) is 1. The zero-order valence-corrected chi connectivity index (χ0v) is 12.8. The van der Waals surface area contributed by atoms with Gasteiger partial charge in [0.1, 0.15) is 0 Å². The minimum atomic E-state index is -3.43. The Kier molecular flexibility index (Phi) is 4.93. The van der Waals surface area contributed by atoms with E-state index in [0.717, 1.165) is 5.69 Å². The zero-order valence-electron chi connectivity index (χ0n) is 11.9. The van der Waals surface area contributed by atoms with Crippen molar-refractivity contribution in [3.63, 3.8) is 0 Å². The van der Waals surface area contributed by atoms with Crippen molar-refractivity contribution in [1.29, 1.82) is 0 Å². The molecule has 2 aromatic rings. The lowest BCUT2D eigenvalue weighted by Gasteiger charge is -2.20. The maximum absolute atomic E-state index is 12.5. The smallest absolute Gasteiger partial charge is 0.218 e. The second-order valence-corrected chi connectivity index (χ2v) is 6.67. The van der Waals surface area contributed by atoms with Gasteiger partial charge in [-0.15, -0.1) is 0 Å². The van der Waals surface area contributed by atoms with Gasteiger partial charge in [-0.1, -0.05) is 31.2 Å². The monoisotopic (exact) mass is 305 g/mol. The van der Waals surface area contributed by atoms with Crippen LogP contribution in [0.5, 0.6) is 0 Å². The molecule has 0 aliphatic heterocycles. The number of benzene rings is 1. The summed E-state index contributed by atoms with van der Waals surface area (Å²) in [6.45, 7) is 2.48. The number of rotatable bonds is 6. The van der Waals surface area contributed by atoms with E-state index in [1.807, 2.05) is 19.1 Å². The Labute approximate surface area is 125 Å². The molecule has 0 spiro atoms. The number of nitrogens with zero attached hydrogens (tertiary/aromatic N) is 2. The molecule has 0 fully saturated rings. The summed E-state index contributed by atoms with van der Waals surface area (Å²) in [7, 11) is -3.43. The summed E-state index contributed by atoms with van der Waals surface area (Å²) in [4.78, 5) is 4.17. The number of nitrogen functional groups attached to an aromatic ring is 1. The second kappa shape index (κ2) is 6.69. The number of pyridine rings is 1. The lowest BCUT2D eigenvalue weighted by Crippen LogP contribution is -2.32. The minimum absolute atomic E-state index is 0.0969. The van der Waals surface area contributed by atoms with Gasteiger partial charge in [0.15, 0.2) is 0 Å². The molecule has 0 aliphatic rings. The van der Waals surface area contributed by atoms with Crippen molar-refractivity contribution < 1.29 is 8.42 Å². The Morgan fingerprint density at radius 3 is 2.48 bits per heavy atom. The molecule has 0 bridgehead atoms. The molecule has 1 aromatic heterocycles. The van der Waals surface area contributed by atoms with Gasteiger partial charge < -0.3 is 5.73 Å². The van der Waals surface area contributed by atoms with Gasteiger partial charge in [0.2, 0.25) is 10.0 Å². The van der Waals surface area contributed by atoms with E-state index >= 15 is 0 Å². The third-order valence-electron chi connectivity index (χ3n) is 3.20. The SMILES string of the molecule is CCN(Cc1ccccn1)S(=O)(=O)Cc1ccccc1N. The van der Waals surface area contributed by atoms with Crippen LogP contribution in [0.2, 0.25) is 0 Å². The summed E-state index contributed by atoms with van der Waals surface area (Å²) in [5, 5.41) is 0. The third-order valence-corrected chi connectivity index (χ3v) is 5.05. The molecule has 5 nitrogen and oxygen atoms in total. The summed E-state index contributed by atoms with van der Waals surface area (Å²) >= 11 is 0. The molecule has 21 heavy (non-hydrogen) atoms. The first kappa shape index (κ1) is 15.5. The van der Waals surface area contributed by atoms with Crippen molar-refractivity contribution in [1.82, 2.24) is 9.29 Å². The largest absolute Gasteiger partial charge is 0.398 e. The average molecular weight is 305 g/mol. The molecule has 0 aliphatic carbocycles. The first-order valence-electron chi connectivity index (χ1n) is 6.74. The quantitative estimate of drug-likeness (QED) is 0.828. The van der Waals surface area contributed by atoms with Gasteiger partial charge in [-0.25, -0.2) is 8.42 Å². The molecular formula is C15H19N3O2S. The van der Waals surface area contributed by atoms with Gasteiger partial charge in [-0.2, -0.15) is 4.31 Å². The van der Waals surface area contributed by atoms with Gasteiger partial charge >= 0.3 is 0 Å². The van der Waals surface area contributed by atoms with Crippen LogP contribution in [0.1, 0.15) is 18.2 Å². The molecule has 2 rings (SSSR count). The van der Waals surface area contributed by atoms with Crippen molar-refractivity contribution in [3.8, 4) is 0 Å². The van der Waals surface area contributed by atoms with Gasteiger partial charge in [0, 0.05) is 18.4 Å². The van der Waals surface area contributed by atoms with Gasteiger partial charge in [0.25, 0.3) is 0 Å². The molecule has 0 unspecified atom stereocenters. The van der Waals surface area contributed by atoms with Gasteiger partial charge in [0.05, 0.1) is 18.0 Å². The van der Waals surface area contributed by atoms with Crippen LogP contribution < -0.4 is 5.73 Å². The molecule has 0 saturated heterocycles. The molecule has 0 radical (unpaired) electrons. The van der Waals surface area contributed by atoms with Crippen molar-refractivity contribution in [2.45, 2.75) is 19.2 Å². The Morgan fingerprint density at radius 2 is 1.86 bits per heavy atom. The second-order valence-electron chi connectivity index (χ2n) is 4.70. The predicted octanol–water partition coefficient (Wildman–Crippen LogP) is 2.02. The fraction of sp³-hybridized carbons (Fsp3) is 0.267. The van der Waals surface area contributed by atoms with E-state index in [1.54, 1.807) is 36.5 Å². The van der Waals surface area contributed by atoms with Crippen LogP contribution in [0.25, 0.3) is 0 Å². The fourth-order valence-corrected chi connectivity index (χ4v) is 3.59. The molecule has 2 N–H and O–H groups in total. The lowest BCUT2D eigenvalue weighted by molar-refractivity contribution is 0.418. The summed E-state index contributed by atoms with van der Waals surface area (Å²) < 4.78 is 26.5. The van der Waals surface area contributed by atoms with E-state index in [4.69, 9.17) is 5.73 Å². The molecule has 1 heterocycles. The number of aromatic nitrogens is 1. The third kappa shape index (κ3) is 4.03. The maximum Gasteiger partial charge on any atom is 0.218 e. The van der Waals surface area contributed by atoms with Gasteiger partial charge in [-0.05, 0) is 23.8 Å². The van der Waals surface area contributed by atoms with Crippen LogP contribution in [0.15, 0.2) is 48.7 Å². The summed E-state index contributed by atoms with van der Waals surface area (Å²) in [5.74, 6) is -0.0969. The van der Waals surface area contributed by atoms with Crippen LogP contribution in [-0.4, -0.2) is 24.3 Å². The highest BCUT2D eigenvalue weighted by Gasteiger charge is 2.22. The van der Waals surface area contributed by atoms with Crippen LogP contribution in [0, 0.1) is 0 Å². The zero-order chi connectivity index (χ0) is 15.3. The van der Waals surface area contributed by atoms with E-state index in [2.05, 4.69) is 4.98 Å². The minimum Gasteiger partial charge on any atom is -0.398 e. The van der Waals surface area contributed by atoms with E-state index in [1.165, 1.54) is 4.31 Å². The normalized spacial score (nSPS) is 11.7. The highest BCUT2D eigenvalue weighted by molar-refractivity contribution is 7.88. The molecule has 6 heteroatoms. The van der Waals surface area contributed by atoms with E-state index < -0.39 is 10.0 Å². The Hall–Kier alpha value is -1.92. The average Bonchev–Trinajstić information content (AvgIpc) is 2.48. The van der Waals surface area contributed by atoms with Crippen molar-refractivity contribution >= 4 is 15.7 Å². The molecule has 0 amide bonds. The topological polar surface area (TPSA) is 76.3 Å². The number of anilines is 1. The Morgan fingerprint density at radius 1 is 1.14 bits per heavy atom. The van der Waals surface area contributed by atoms with Crippen molar-refractivity contribution in [2.24, 2.45) is 0 Å². The standard InChI is InChI=1S/C15H19N3O2S/c1-2-18(11-14-8-5-6-10-17-14)21(19,20)12-13-7-3-4-9-15(13)16/h3-10H,2,11-12,16H2,1H3. The van der Waals surface area contributed by atoms with Gasteiger partial charge in [-0.3, -0.25) is 4.98 Å². The van der Waals surface area contributed by atoms with E-state index in [0.29, 0.717) is 17.8 Å². The summed E-state index contributed by atoms with van der Waals surface area (Å²) in [5.41, 5.74) is 7.67. The van der Waals surface area contributed by atoms with Crippen LogP contribution in [0.4, 0.5) is 5.69 Å². The molecule has 112 valence electrons. The number of hydrogen-bond donors (Lipinski definition) is 1. The predicted molar refractivity (Wildman–Crippen MR) is 83.8 cm³/mol. The number of para-hydroxylation sites is 1. The highest BCUT2D eigenvalue weighted by atomic mass is 32.2. The Bertz CT molecular complexity index is 687. The molecule has 0 saturated carbocycles. The number of hydrogen-bond acceptors (Lipinski definition) is 4. The van der Waals surface area contributed by atoms with E-state index in [9.17, 15) is 8.42 Å². The molecule has 0 atom stereocenters. The summed E-state index contributed by atoms with van der Waals surface area (Å²) in [6.07, 6.45) is 1.66. The van der Waals surface area contributed by atoms with Crippen LogP contribution in [0.3, 0.4) is 0 Å². The molecule has 1 aromatic carbocycles. The Balaban J connectivity index is 2.18. The maximum atomic E-state index is 12.5. The van der Waals surface area contributed by atoms with Crippen LogP contribution in [-0.2, 0) is 22.3 Å². The number of sulfonamides is 1. The van der Waals surface area contributed by atoms with E-state index in [-0.39, 0.29) is 12.3 Å².